The average molecular weight is 171 g/mol. The van der Waals surface area contributed by atoms with Gasteiger partial charge in [-0.2, -0.15) is 0 Å². The number of hydrogen-bond donors (Lipinski definition) is 0. The predicted molar refractivity (Wildman–Crippen MR) is 45.9 cm³/mol. The van der Waals surface area contributed by atoms with Crippen LogP contribution in [-0.4, -0.2) is 11.6 Å². The fourth-order valence-corrected chi connectivity index (χ4v) is 0.913. The Hall–Kier alpha value is -0.820. The van der Waals surface area contributed by atoms with Gasteiger partial charge >= 0.3 is 0 Å². The quantitative estimate of drug-likeness (QED) is 0.635. The number of carbonyl (C=O) groups is 1. The van der Waals surface area contributed by atoms with E-state index in [1.807, 2.05) is 30.3 Å². The molecule has 0 aliphatic rings. The van der Waals surface area contributed by atoms with Gasteiger partial charge in [0, 0.05) is 6.42 Å². The minimum Gasteiger partial charge on any atom is -0.298 e. The third-order valence-corrected chi connectivity index (χ3v) is 1.59. The van der Waals surface area contributed by atoms with Gasteiger partial charge in [-0.3, -0.25) is 4.79 Å². The van der Waals surface area contributed by atoms with E-state index in [0.717, 1.165) is 5.56 Å². The van der Waals surface area contributed by atoms with E-state index in [2.05, 4.69) is 0 Å². The number of carbonyl (C=O) groups excluding carboxylic acids is 1. The molecule has 0 aromatic heterocycles. The summed E-state index contributed by atoms with van der Waals surface area (Å²) in [7, 11) is 0. The number of alkyl halides is 1. The van der Waals surface area contributed by atoms with E-state index in [1.165, 1.54) is 0 Å². The molecule has 0 fully saturated rings. The molecular formula is C9H9ClO. The summed E-state index contributed by atoms with van der Waals surface area (Å²) in [6, 6.07) is 9.28. The maximum Gasteiger partial charge on any atom is 0.151 e. The summed E-state index contributed by atoms with van der Waals surface area (Å²) in [4.78, 5) is 11.0. The molecule has 0 N–H and O–H groups in total. The molecule has 1 nitrogen and oxygen atoms in total. The standard InChI is InChI=1S/C9H9ClO/c10-7-9(11)6-8-4-2-1-3-5-8/h1-5H,6-7H2/i7T. The van der Waals surface area contributed by atoms with Gasteiger partial charge < -0.3 is 0 Å². The van der Waals surface area contributed by atoms with Crippen LogP contribution in [0.3, 0.4) is 0 Å². The summed E-state index contributed by atoms with van der Waals surface area (Å²) in [5.74, 6) is -1.40. The molecule has 0 saturated carbocycles. The van der Waals surface area contributed by atoms with Crippen LogP contribution < -0.4 is 0 Å². The number of halogens is 1. The van der Waals surface area contributed by atoms with Crippen molar-refractivity contribution in [3.05, 3.63) is 35.9 Å². The first-order valence-corrected chi connectivity index (χ1v) is 3.77. The van der Waals surface area contributed by atoms with Crippen molar-refractivity contribution in [1.29, 1.82) is 0 Å². The van der Waals surface area contributed by atoms with Gasteiger partial charge in [0.25, 0.3) is 0 Å². The smallest absolute Gasteiger partial charge is 0.151 e. The van der Waals surface area contributed by atoms with Crippen molar-refractivity contribution in [2.45, 2.75) is 6.42 Å². The van der Waals surface area contributed by atoms with Crippen LogP contribution in [0.25, 0.3) is 0 Å². The van der Waals surface area contributed by atoms with Crippen LogP contribution in [-0.2, 0) is 11.2 Å². The van der Waals surface area contributed by atoms with Gasteiger partial charge in [0.2, 0.25) is 0 Å². The lowest BCUT2D eigenvalue weighted by atomic mass is 10.1. The Labute approximate surface area is 72.4 Å². The number of benzene rings is 1. The maximum absolute atomic E-state index is 11.0. The van der Waals surface area contributed by atoms with Gasteiger partial charge in [-0.15, -0.1) is 11.6 Å². The molecule has 2 heteroatoms. The van der Waals surface area contributed by atoms with Crippen molar-refractivity contribution in [3.8, 4) is 0 Å². The molecular weight excluding hydrogens is 160 g/mol. The van der Waals surface area contributed by atoms with Crippen LogP contribution in [0.5, 0.6) is 0 Å². The Morgan fingerprint density at radius 2 is 2.09 bits per heavy atom. The molecule has 1 atom stereocenters. The van der Waals surface area contributed by atoms with Gasteiger partial charge in [0.15, 0.2) is 5.78 Å². The average Bonchev–Trinajstić information content (AvgIpc) is 2.06. The van der Waals surface area contributed by atoms with E-state index in [4.69, 9.17) is 13.0 Å². The van der Waals surface area contributed by atoms with Crippen LogP contribution >= 0.6 is 11.6 Å². The molecule has 0 aliphatic carbocycles. The molecule has 1 unspecified atom stereocenters. The molecule has 1 rings (SSSR count). The van der Waals surface area contributed by atoms with Gasteiger partial charge in [-0.1, -0.05) is 30.3 Å². The summed E-state index contributed by atoms with van der Waals surface area (Å²) in [6.07, 6.45) is 0.249. The maximum atomic E-state index is 11.0. The van der Waals surface area contributed by atoms with Crippen LogP contribution in [0.15, 0.2) is 30.3 Å². The fraction of sp³-hybridized carbons (Fsp3) is 0.222. The Bertz CT molecular complexity index is 258. The summed E-state index contributed by atoms with van der Waals surface area (Å²) >= 11 is 5.30. The van der Waals surface area contributed by atoms with Gasteiger partial charge in [0.1, 0.15) is 0 Å². The monoisotopic (exact) mass is 170 g/mol. The normalized spacial score (nSPS) is 13.7. The van der Waals surface area contributed by atoms with Gasteiger partial charge in [-0.05, 0) is 5.56 Å². The minimum absolute atomic E-state index is 0.249. The van der Waals surface area contributed by atoms with Gasteiger partial charge in [0.05, 0.1) is 7.23 Å². The molecule has 11 heavy (non-hydrogen) atoms. The number of ketones is 1. The van der Waals surface area contributed by atoms with Crippen LogP contribution in [0, 0.1) is 0 Å². The zero-order valence-corrected chi connectivity index (χ0v) is 6.71. The Balaban J connectivity index is 2.59. The van der Waals surface area contributed by atoms with Crippen molar-refractivity contribution in [3.63, 3.8) is 0 Å². The molecule has 0 heterocycles. The number of hydrogen-bond acceptors (Lipinski definition) is 1. The Morgan fingerprint density at radius 3 is 2.64 bits per heavy atom. The molecule has 0 aliphatic heterocycles. The highest BCUT2D eigenvalue weighted by Gasteiger charge is 1.99. The minimum atomic E-state index is -1.13. The van der Waals surface area contributed by atoms with E-state index >= 15 is 0 Å². The van der Waals surface area contributed by atoms with Crippen LogP contribution in [0.4, 0.5) is 0 Å². The SMILES string of the molecule is [3H]C(Cl)C(=O)Cc1ccccc1. The van der Waals surface area contributed by atoms with E-state index in [9.17, 15) is 4.79 Å². The van der Waals surface area contributed by atoms with E-state index in [1.54, 1.807) is 0 Å². The zero-order chi connectivity index (χ0) is 8.97. The molecule has 0 bridgehead atoms. The molecule has 58 valence electrons. The lowest BCUT2D eigenvalue weighted by molar-refractivity contribution is -0.116. The molecule has 0 spiro atoms. The zero-order valence-electron chi connectivity index (χ0n) is 6.96. The Morgan fingerprint density at radius 1 is 1.45 bits per heavy atom. The highest BCUT2D eigenvalue weighted by atomic mass is 35.5. The topological polar surface area (TPSA) is 17.1 Å². The van der Waals surface area contributed by atoms with Crippen LogP contribution in [0.2, 0.25) is 0 Å². The summed E-state index contributed by atoms with van der Waals surface area (Å²) in [5, 5.41) is 0. The summed E-state index contributed by atoms with van der Waals surface area (Å²) < 4.78 is 6.95. The van der Waals surface area contributed by atoms with E-state index in [-0.39, 0.29) is 12.2 Å². The predicted octanol–water partition coefficient (Wildman–Crippen LogP) is 2.04. The highest BCUT2D eigenvalue weighted by Crippen LogP contribution is 2.00. The largest absolute Gasteiger partial charge is 0.298 e. The summed E-state index contributed by atoms with van der Waals surface area (Å²) in [6.45, 7) is 0. The first-order valence-electron chi connectivity index (χ1n) is 3.91. The molecule has 0 saturated heterocycles. The van der Waals surface area contributed by atoms with E-state index < -0.39 is 5.86 Å². The first kappa shape index (κ1) is 6.86. The molecule has 1 aromatic rings. The lowest BCUT2D eigenvalue weighted by Crippen LogP contribution is -2.02. The fourth-order valence-electron chi connectivity index (χ4n) is 0.836. The third-order valence-electron chi connectivity index (χ3n) is 1.34. The first-order chi connectivity index (χ1) is 5.70. The van der Waals surface area contributed by atoms with Gasteiger partial charge in [-0.25, -0.2) is 0 Å². The second-order valence-corrected chi connectivity index (χ2v) is 2.46. The van der Waals surface area contributed by atoms with Crippen molar-refractivity contribution < 1.29 is 6.17 Å². The van der Waals surface area contributed by atoms with Crippen LogP contribution in [0.1, 0.15) is 6.93 Å². The Kier molecular flexibility index (Phi) is 2.58. The van der Waals surface area contributed by atoms with Crippen molar-refractivity contribution in [2.24, 2.45) is 0 Å². The third kappa shape index (κ3) is 2.72. The number of Topliss-reactive ketones (excluding diaryl/α,β-unsaturated/α-hetero) is 1. The highest BCUT2D eigenvalue weighted by molar-refractivity contribution is 6.27. The lowest BCUT2D eigenvalue weighted by Gasteiger charge is -1.95. The molecule has 0 radical (unpaired) electrons. The summed E-state index contributed by atoms with van der Waals surface area (Å²) in [5.41, 5.74) is 0.903. The second kappa shape index (κ2) is 4.14. The second-order valence-electron chi connectivity index (χ2n) is 2.24. The van der Waals surface area contributed by atoms with Crippen molar-refractivity contribution in [1.82, 2.24) is 0 Å². The van der Waals surface area contributed by atoms with E-state index in [0.29, 0.717) is 0 Å². The molecule has 0 amide bonds. The van der Waals surface area contributed by atoms with Crippen molar-refractivity contribution >= 4 is 17.4 Å². The van der Waals surface area contributed by atoms with Crippen molar-refractivity contribution in [2.75, 3.05) is 5.86 Å². The molecule has 1 aromatic carbocycles. The number of rotatable bonds is 3.